The Morgan fingerprint density at radius 1 is 0.429 bits per heavy atom. The molecule has 49 heavy (non-hydrogen) atoms. The summed E-state index contributed by atoms with van der Waals surface area (Å²) >= 11 is 0. The van der Waals surface area contributed by atoms with Crippen LogP contribution in [0.4, 0.5) is 0 Å². The van der Waals surface area contributed by atoms with Crippen LogP contribution in [0.5, 0.6) is 0 Å². The van der Waals surface area contributed by atoms with E-state index in [1.165, 1.54) is 22.3 Å². The number of fused-ring (bicyclic) bond motifs is 12. The van der Waals surface area contributed by atoms with E-state index in [0.717, 1.165) is 62.3 Å². The van der Waals surface area contributed by atoms with Crippen molar-refractivity contribution in [3.63, 3.8) is 0 Å². The Hall–Kier alpha value is -5.66. The second-order valence-corrected chi connectivity index (χ2v) is 11.4. The molecule has 0 saturated heterocycles. The predicted molar refractivity (Wildman–Crippen MR) is 199 cm³/mol. The second kappa shape index (κ2) is 15.0. The first-order valence-electron chi connectivity index (χ1n) is 15.6. The van der Waals surface area contributed by atoms with Gasteiger partial charge in [-0.05, 0) is 114 Å². The fourth-order valence-corrected chi connectivity index (χ4v) is 5.93. The molecule has 4 aromatic heterocycles. The number of aromatic amines is 2. The fourth-order valence-electron chi connectivity index (χ4n) is 5.93. The molecule has 7 aromatic rings. The van der Waals surface area contributed by atoms with E-state index >= 15 is 0 Å². The minimum Gasteiger partial charge on any atom is -0.355 e. The summed E-state index contributed by atoms with van der Waals surface area (Å²) < 4.78 is 0. The Labute approximate surface area is 299 Å². The molecule has 6 nitrogen and oxygen atoms in total. The van der Waals surface area contributed by atoms with Gasteiger partial charge >= 0.3 is 0 Å². The molecule has 6 heterocycles. The molecule has 0 spiro atoms. The first kappa shape index (κ1) is 33.2. The van der Waals surface area contributed by atoms with Crippen LogP contribution in [0.1, 0.15) is 33.9 Å². The summed E-state index contributed by atoms with van der Waals surface area (Å²) in [6.45, 7) is 0. The summed E-state index contributed by atoms with van der Waals surface area (Å²) in [4.78, 5) is 24.3. The maximum Gasteiger partial charge on any atom is 0.0886 e. The van der Waals surface area contributed by atoms with Gasteiger partial charge in [0.25, 0.3) is 0 Å². The van der Waals surface area contributed by atoms with E-state index in [-0.39, 0.29) is 28.0 Å². The van der Waals surface area contributed by atoms with Crippen molar-refractivity contribution in [2.45, 2.75) is 6.42 Å². The standard InChI is InChI=1S/C20H14N4.C13H10.C8H6N2.Cu.Si/c1-2-14-10-16-5-6-18(23-16)12-20-8-7-19(24-20)11-17-4-3-15(22-17)9-13(1)21-14;1-3-7-12-10(5-1)9-11-6-2-4-8-13(11)12;1-2-4-8-7(3-1)9-5-6-10-8;;/h1-12,21-22H;1-8H,9H2;1-6H;;. The van der Waals surface area contributed by atoms with Crippen molar-refractivity contribution in [3.05, 3.63) is 168 Å². The maximum absolute atomic E-state index is 4.62. The van der Waals surface area contributed by atoms with Gasteiger partial charge in [-0.15, -0.1) is 0 Å². The molecule has 239 valence electrons. The van der Waals surface area contributed by atoms with Gasteiger partial charge in [-0.2, -0.15) is 0 Å². The number of hydrogen-bond acceptors (Lipinski definition) is 4. The quantitative estimate of drug-likeness (QED) is 0.155. The van der Waals surface area contributed by atoms with Gasteiger partial charge in [0.05, 0.1) is 33.8 Å². The summed E-state index contributed by atoms with van der Waals surface area (Å²) in [6, 6.07) is 41.5. The van der Waals surface area contributed by atoms with Crippen LogP contribution in [0.15, 0.2) is 134 Å². The van der Waals surface area contributed by atoms with E-state index in [0.29, 0.717) is 0 Å². The fraction of sp³-hybridized carbons (Fsp3) is 0.0244. The maximum atomic E-state index is 4.62. The van der Waals surface area contributed by atoms with Crippen LogP contribution in [0, 0.1) is 0 Å². The topological polar surface area (TPSA) is 83.1 Å². The van der Waals surface area contributed by atoms with Gasteiger partial charge in [-0.25, -0.2) is 9.97 Å². The van der Waals surface area contributed by atoms with Crippen LogP contribution in [-0.4, -0.2) is 40.9 Å². The minimum absolute atomic E-state index is 0. The van der Waals surface area contributed by atoms with E-state index < -0.39 is 0 Å². The van der Waals surface area contributed by atoms with Crippen molar-refractivity contribution in [2.75, 3.05) is 0 Å². The van der Waals surface area contributed by atoms with Crippen molar-refractivity contribution in [1.29, 1.82) is 0 Å². The van der Waals surface area contributed by atoms with Crippen molar-refractivity contribution >= 4 is 68.4 Å². The number of H-pyrrole nitrogens is 2. The van der Waals surface area contributed by atoms with Crippen LogP contribution in [-0.2, 0) is 23.5 Å². The average molecular weight is 698 g/mol. The molecule has 8 heteroatoms. The molecular formula is C41H30CuN6Si. The van der Waals surface area contributed by atoms with Gasteiger partial charge in [0, 0.05) is 62.5 Å². The number of aromatic nitrogens is 6. The SMILES string of the molecule is C1=Cc2cc3ccc(cc4ccc(cc5nc(cc1n2)C=C5)[nH]4)[nH]3.[Cu].[Si].c1ccc2c(c1)Cc1ccccc1-2.c1ccc2nccnc2c1. The summed E-state index contributed by atoms with van der Waals surface area (Å²) in [7, 11) is 0. The predicted octanol–water partition coefficient (Wildman–Crippen LogP) is 9.16. The van der Waals surface area contributed by atoms with Gasteiger partial charge in [-0.3, -0.25) is 9.97 Å². The molecule has 0 unspecified atom stereocenters. The molecule has 0 fully saturated rings. The number of nitrogens with zero attached hydrogens (tertiary/aromatic N) is 4. The smallest absolute Gasteiger partial charge is 0.0886 e. The van der Waals surface area contributed by atoms with Crippen LogP contribution in [0.3, 0.4) is 0 Å². The van der Waals surface area contributed by atoms with E-state index in [1.54, 1.807) is 12.4 Å². The molecular weight excluding hydrogens is 668 g/mol. The molecule has 3 aromatic carbocycles. The third kappa shape index (κ3) is 7.74. The molecule has 0 saturated carbocycles. The summed E-state index contributed by atoms with van der Waals surface area (Å²) in [5, 5.41) is 0. The van der Waals surface area contributed by atoms with Gasteiger partial charge in [0.15, 0.2) is 0 Å². The zero-order valence-corrected chi connectivity index (χ0v) is 28.3. The van der Waals surface area contributed by atoms with Crippen LogP contribution >= 0.6 is 0 Å². The molecule has 1 aliphatic carbocycles. The molecule has 3 aliphatic rings. The number of para-hydroxylation sites is 2. The van der Waals surface area contributed by atoms with Crippen LogP contribution < -0.4 is 0 Å². The number of rotatable bonds is 0. The van der Waals surface area contributed by atoms with Crippen molar-refractivity contribution in [2.24, 2.45) is 0 Å². The van der Waals surface area contributed by atoms with Crippen molar-refractivity contribution in [1.82, 2.24) is 29.9 Å². The largest absolute Gasteiger partial charge is 0.355 e. The van der Waals surface area contributed by atoms with Crippen molar-refractivity contribution in [3.8, 4) is 11.1 Å². The Morgan fingerprint density at radius 2 is 0.816 bits per heavy atom. The van der Waals surface area contributed by atoms with E-state index in [2.05, 4.69) is 109 Å². The van der Waals surface area contributed by atoms with Gasteiger partial charge in [0.2, 0.25) is 0 Å². The van der Waals surface area contributed by atoms with Gasteiger partial charge < -0.3 is 9.97 Å². The summed E-state index contributed by atoms with van der Waals surface area (Å²) in [5.41, 5.74) is 15.5. The Balaban J connectivity index is 0.000000140. The van der Waals surface area contributed by atoms with E-state index in [4.69, 9.17) is 0 Å². The molecule has 2 N–H and O–H groups in total. The molecule has 0 amide bonds. The number of nitrogens with one attached hydrogen (secondary N) is 2. The molecule has 8 bridgehead atoms. The van der Waals surface area contributed by atoms with Crippen LogP contribution in [0.2, 0.25) is 0 Å². The van der Waals surface area contributed by atoms with E-state index in [1.807, 2.05) is 66.8 Å². The Bertz CT molecular complexity index is 2280. The molecule has 5 radical (unpaired) electrons. The summed E-state index contributed by atoms with van der Waals surface area (Å²) in [5.74, 6) is 0. The zero-order chi connectivity index (χ0) is 31.4. The normalized spacial score (nSPS) is 11.5. The molecule has 2 aliphatic heterocycles. The number of benzene rings is 3. The van der Waals surface area contributed by atoms with Crippen LogP contribution in [0.25, 0.3) is 68.5 Å². The van der Waals surface area contributed by atoms with Crippen molar-refractivity contribution < 1.29 is 17.1 Å². The minimum atomic E-state index is 0. The second-order valence-electron chi connectivity index (χ2n) is 11.4. The first-order valence-corrected chi connectivity index (χ1v) is 15.6. The van der Waals surface area contributed by atoms with Gasteiger partial charge in [0.1, 0.15) is 0 Å². The third-order valence-electron chi connectivity index (χ3n) is 8.12. The molecule has 10 rings (SSSR count). The summed E-state index contributed by atoms with van der Waals surface area (Å²) in [6.07, 6.45) is 12.5. The number of hydrogen-bond donors (Lipinski definition) is 2. The Kier molecular flexibility index (Phi) is 10.2. The zero-order valence-electron chi connectivity index (χ0n) is 26.3. The average Bonchev–Trinajstić information content (AvgIpc) is 3.95. The third-order valence-corrected chi connectivity index (χ3v) is 8.12. The monoisotopic (exact) mass is 697 g/mol. The first-order chi connectivity index (χ1) is 23.2. The van der Waals surface area contributed by atoms with E-state index in [9.17, 15) is 0 Å². The Morgan fingerprint density at radius 3 is 1.29 bits per heavy atom. The molecule has 0 atom stereocenters. The van der Waals surface area contributed by atoms with Gasteiger partial charge in [-0.1, -0.05) is 60.7 Å².